The Morgan fingerprint density at radius 2 is 1.79 bits per heavy atom. The Labute approximate surface area is 187 Å². The lowest BCUT2D eigenvalue weighted by Crippen LogP contribution is -2.11. The second-order valence-electron chi connectivity index (χ2n) is 7.74. The maximum atomic E-state index is 13.3. The molecule has 0 aliphatic carbocycles. The number of hydrogen-bond donors (Lipinski definition) is 1. The quantitative estimate of drug-likeness (QED) is 0.480. The van der Waals surface area contributed by atoms with Crippen LogP contribution in [0.1, 0.15) is 16.8 Å². The summed E-state index contributed by atoms with van der Waals surface area (Å²) in [6.07, 6.45) is -3.20. The highest BCUT2D eigenvalue weighted by Crippen LogP contribution is 2.37. The summed E-state index contributed by atoms with van der Waals surface area (Å²) in [7, 11) is 3.68. The topological polar surface area (TPSA) is 85.7 Å². The van der Waals surface area contributed by atoms with Crippen LogP contribution in [0.4, 0.5) is 19.0 Å². The van der Waals surface area contributed by atoms with Crippen molar-refractivity contribution in [2.24, 2.45) is 0 Å². The first-order valence-electron chi connectivity index (χ1n) is 9.89. The molecule has 0 atom stereocenters. The van der Waals surface area contributed by atoms with E-state index in [1.54, 1.807) is 12.1 Å². The molecular weight excluding hydrogens is 431 g/mol. The Balaban J connectivity index is 2.06. The van der Waals surface area contributed by atoms with Crippen LogP contribution in [-0.2, 0) is 6.18 Å². The van der Waals surface area contributed by atoms with Crippen LogP contribution < -0.4 is 10.3 Å². The fraction of sp³-hybridized carbons (Fsp3) is 0.167. The summed E-state index contributed by atoms with van der Waals surface area (Å²) in [4.78, 5) is 26.2. The van der Waals surface area contributed by atoms with Crippen molar-refractivity contribution < 1.29 is 13.2 Å². The molecule has 0 aliphatic heterocycles. The largest absolute Gasteiger partial charge is 0.417 e. The van der Waals surface area contributed by atoms with E-state index in [0.29, 0.717) is 44.9 Å². The number of nitrogens with one attached hydrogen (secondary N) is 1. The summed E-state index contributed by atoms with van der Waals surface area (Å²) in [5.74, 6) is 0.670. The smallest absolute Gasteiger partial charge is 0.363 e. The van der Waals surface area contributed by atoms with Crippen LogP contribution in [0.5, 0.6) is 0 Å². The number of rotatable bonds is 3. The molecule has 0 bridgehead atoms. The van der Waals surface area contributed by atoms with Gasteiger partial charge in [0, 0.05) is 43.2 Å². The maximum Gasteiger partial charge on any atom is 0.417 e. The summed E-state index contributed by atoms with van der Waals surface area (Å²) in [6.45, 7) is 1.82. The number of aryl methyl sites for hydroxylation is 1. The maximum absolute atomic E-state index is 13.3. The number of nitriles is 1. The molecular formula is C24H18F3N5O. The van der Waals surface area contributed by atoms with E-state index < -0.39 is 17.3 Å². The Kier molecular flexibility index (Phi) is 5.38. The highest BCUT2D eigenvalue weighted by molar-refractivity contribution is 5.90. The Morgan fingerprint density at radius 3 is 2.45 bits per heavy atom. The molecule has 0 radical (unpaired) electrons. The average molecular weight is 449 g/mol. The highest BCUT2D eigenvalue weighted by Gasteiger charge is 2.33. The molecule has 0 unspecified atom stereocenters. The molecule has 0 aliphatic rings. The normalized spacial score (nSPS) is 11.4. The van der Waals surface area contributed by atoms with Crippen LogP contribution in [-0.4, -0.2) is 29.0 Å². The molecule has 4 aromatic rings. The van der Waals surface area contributed by atoms with Gasteiger partial charge in [-0.05, 0) is 42.8 Å². The van der Waals surface area contributed by atoms with Crippen molar-refractivity contribution in [2.45, 2.75) is 13.1 Å². The summed E-state index contributed by atoms with van der Waals surface area (Å²) >= 11 is 0. The minimum Gasteiger partial charge on any atom is -0.363 e. The van der Waals surface area contributed by atoms with Crippen LogP contribution in [0.2, 0.25) is 0 Å². The van der Waals surface area contributed by atoms with Gasteiger partial charge >= 0.3 is 6.18 Å². The number of halogens is 3. The van der Waals surface area contributed by atoms with Gasteiger partial charge in [-0.3, -0.25) is 4.79 Å². The van der Waals surface area contributed by atoms with Gasteiger partial charge in [-0.1, -0.05) is 6.07 Å². The van der Waals surface area contributed by atoms with E-state index in [0.717, 1.165) is 6.07 Å². The Hall–Kier alpha value is -4.19. The Bertz CT molecular complexity index is 1480. The molecule has 9 heteroatoms. The van der Waals surface area contributed by atoms with E-state index in [9.17, 15) is 23.2 Å². The van der Waals surface area contributed by atoms with E-state index in [-0.39, 0.29) is 5.43 Å². The van der Waals surface area contributed by atoms with Gasteiger partial charge in [0.05, 0.1) is 28.3 Å². The first kappa shape index (κ1) is 22.0. The third-order valence-electron chi connectivity index (χ3n) is 5.17. The number of fused-ring (bicyclic) bond motifs is 1. The monoisotopic (exact) mass is 449 g/mol. The number of benzene rings is 1. The van der Waals surface area contributed by atoms with E-state index in [1.807, 2.05) is 38.1 Å². The van der Waals surface area contributed by atoms with E-state index >= 15 is 0 Å². The van der Waals surface area contributed by atoms with Gasteiger partial charge in [0.15, 0.2) is 5.43 Å². The summed E-state index contributed by atoms with van der Waals surface area (Å²) < 4.78 is 39.9. The van der Waals surface area contributed by atoms with Gasteiger partial charge < -0.3 is 9.88 Å². The van der Waals surface area contributed by atoms with Crippen LogP contribution in [0, 0.1) is 18.3 Å². The standard InChI is InChI=1S/C24H18F3N5O/c1-13-8-15(10-21(30-13)32(2)3)17-11-18-20(33)6-7-29-23(18)31-22(17)14-4-5-19(24(25,26)27)16(9-14)12-28/h4-11H,1-3H3,(H,29,31,33). The van der Waals surface area contributed by atoms with E-state index in [2.05, 4.69) is 15.0 Å². The number of aromatic amines is 1. The molecule has 1 N–H and O–H groups in total. The molecule has 3 heterocycles. The third-order valence-corrected chi connectivity index (χ3v) is 5.17. The van der Waals surface area contributed by atoms with Crippen molar-refractivity contribution in [1.82, 2.24) is 15.0 Å². The SMILES string of the molecule is Cc1cc(-c2cc3c(=O)cc[nH]c3nc2-c2ccc(C(F)(F)F)c(C#N)c2)cc(N(C)C)n1. The lowest BCUT2D eigenvalue weighted by Gasteiger charge is -2.17. The van der Waals surface area contributed by atoms with Gasteiger partial charge in [-0.25, -0.2) is 9.97 Å². The van der Waals surface area contributed by atoms with Gasteiger partial charge in [-0.2, -0.15) is 18.4 Å². The number of nitrogens with zero attached hydrogens (tertiary/aromatic N) is 4. The first-order chi connectivity index (χ1) is 15.6. The van der Waals surface area contributed by atoms with Crippen LogP contribution >= 0.6 is 0 Å². The molecule has 0 saturated heterocycles. The fourth-order valence-corrected chi connectivity index (χ4v) is 3.60. The second-order valence-corrected chi connectivity index (χ2v) is 7.74. The number of H-pyrrole nitrogens is 1. The lowest BCUT2D eigenvalue weighted by molar-refractivity contribution is -0.137. The number of aromatic nitrogens is 3. The fourth-order valence-electron chi connectivity index (χ4n) is 3.60. The molecule has 166 valence electrons. The molecule has 3 aromatic heterocycles. The van der Waals surface area contributed by atoms with Crippen molar-refractivity contribution in [3.8, 4) is 28.5 Å². The molecule has 1 aromatic carbocycles. The Morgan fingerprint density at radius 1 is 1.03 bits per heavy atom. The molecule has 0 amide bonds. The minimum atomic E-state index is -4.66. The van der Waals surface area contributed by atoms with Crippen LogP contribution in [0.25, 0.3) is 33.4 Å². The lowest BCUT2D eigenvalue weighted by atomic mass is 9.95. The molecule has 0 spiro atoms. The van der Waals surface area contributed by atoms with E-state index in [1.165, 1.54) is 24.4 Å². The van der Waals surface area contributed by atoms with Crippen molar-refractivity contribution in [3.05, 3.63) is 75.7 Å². The van der Waals surface area contributed by atoms with Crippen LogP contribution in [0.15, 0.2) is 53.5 Å². The van der Waals surface area contributed by atoms with Gasteiger partial charge in [-0.15, -0.1) is 0 Å². The van der Waals surface area contributed by atoms with Crippen molar-refractivity contribution >= 4 is 16.9 Å². The third kappa shape index (κ3) is 4.15. The van der Waals surface area contributed by atoms with Gasteiger partial charge in [0.25, 0.3) is 0 Å². The van der Waals surface area contributed by atoms with Gasteiger partial charge in [0.2, 0.25) is 0 Å². The van der Waals surface area contributed by atoms with E-state index in [4.69, 9.17) is 0 Å². The molecule has 6 nitrogen and oxygen atoms in total. The predicted octanol–water partition coefficient (Wildman–Crippen LogP) is 4.92. The zero-order chi connectivity index (χ0) is 23.9. The average Bonchev–Trinajstić information content (AvgIpc) is 2.77. The second kappa shape index (κ2) is 8.06. The first-order valence-corrected chi connectivity index (χ1v) is 9.89. The summed E-state index contributed by atoms with van der Waals surface area (Å²) in [6, 6.07) is 11.6. The zero-order valence-electron chi connectivity index (χ0n) is 17.9. The zero-order valence-corrected chi connectivity index (χ0v) is 17.9. The highest BCUT2D eigenvalue weighted by atomic mass is 19.4. The number of pyridine rings is 3. The number of alkyl halides is 3. The summed E-state index contributed by atoms with van der Waals surface area (Å²) in [5, 5.41) is 9.69. The number of hydrogen-bond acceptors (Lipinski definition) is 5. The van der Waals surface area contributed by atoms with Crippen molar-refractivity contribution in [2.75, 3.05) is 19.0 Å². The molecule has 4 rings (SSSR count). The van der Waals surface area contributed by atoms with Gasteiger partial charge in [0.1, 0.15) is 11.5 Å². The van der Waals surface area contributed by atoms with Crippen molar-refractivity contribution in [1.29, 1.82) is 5.26 Å². The predicted molar refractivity (Wildman–Crippen MR) is 120 cm³/mol. The van der Waals surface area contributed by atoms with Crippen LogP contribution in [0.3, 0.4) is 0 Å². The van der Waals surface area contributed by atoms with Crippen molar-refractivity contribution in [3.63, 3.8) is 0 Å². The summed E-state index contributed by atoms with van der Waals surface area (Å²) in [5.41, 5.74) is 1.13. The molecule has 33 heavy (non-hydrogen) atoms. The number of anilines is 1. The molecule has 0 saturated carbocycles. The minimum absolute atomic E-state index is 0.243. The molecule has 0 fully saturated rings.